The lowest BCUT2D eigenvalue weighted by molar-refractivity contribution is 0.102. The highest BCUT2D eigenvalue weighted by Crippen LogP contribution is 2.11. The molecule has 3 aromatic rings. The Kier molecular flexibility index (Phi) is 3.33. The van der Waals surface area contributed by atoms with Gasteiger partial charge in [0.05, 0.1) is 5.56 Å². The van der Waals surface area contributed by atoms with Crippen LogP contribution in [0.5, 0.6) is 0 Å². The van der Waals surface area contributed by atoms with Crippen molar-refractivity contribution in [2.24, 2.45) is 5.73 Å². The highest BCUT2D eigenvalue weighted by atomic mass is 19.1. The second kappa shape index (κ2) is 5.29. The first-order chi connectivity index (χ1) is 10.2. The van der Waals surface area contributed by atoms with Crippen LogP contribution in [0.2, 0.25) is 0 Å². The summed E-state index contributed by atoms with van der Waals surface area (Å²) < 4.78 is 15.0. The van der Waals surface area contributed by atoms with Crippen LogP contribution in [0.1, 0.15) is 15.9 Å². The molecule has 0 saturated heterocycles. The summed E-state index contributed by atoms with van der Waals surface area (Å²) in [6, 6.07) is 9.30. The van der Waals surface area contributed by atoms with E-state index in [1.807, 2.05) is 6.07 Å². The monoisotopic (exact) mass is 285 g/mol. The van der Waals surface area contributed by atoms with E-state index in [9.17, 15) is 9.18 Å². The van der Waals surface area contributed by atoms with Crippen molar-refractivity contribution in [1.82, 2.24) is 14.6 Å². The lowest BCUT2D eigenvalue weighted by atomic mass is 10.2. The van der Waals surface area contributed by atoms with Crippen LogP contribution in [0.3, 0.4) is 0 Å². The molecule has 0 radical (unpaired) electrons. The molecule has 21 heavy (non-hydrogen) atoms. The van der Waals surface area contributed by atoms with Crippen LogP contribution in [0.4, 0.5) is 10.3 Å². The van der Waals surface area contributed by atoms with Gasteiger partial charge in [-0.15, -0.1) is 5.10 Å². The number of nitrogens with one attached hydrogen (secondary N) is 1. The van der Waals surface area contributed by atoms with Crippen molar-refractivity contribution in [2.75, 3.05) is 5.32 Å². The molecule has 0 fully saturated rings. The molecule has 7 heteroatoms. The normalized spacial score (nSPS) is 10.8. The Morgan fingerprint density at radius 3 is 2.90 bits per heavy atom. The Labute approximate surface area is 119 Å². The SMILES string of the molecule is NCc1ccn2nc(NC(=O)c3ccccc3F)nc2c1. The van der Waals surface area contributed by atoms with Gasteiger partial charge in [-0.1, -0.05) is 12.1 Å². The average Bonchev–Trinajstić information content (AvgIpc) is 2.88. The van der Waals surface area contributed by atoms with Gasteiger partial charge < -0.3 is 5.73 Å². The molecule has 2 heterocycles. The second-order valence-electron chi connectivity index (χ2n) is 4.41. The van der Waals surface area contributed by atoms with Gasteiger partial charge in [-0.25, -0.2) is 8.91 Å². The minimum Gasteiger partial charge on any atom is -0.326 e. The first-order valence-electron chi connectivity index (χ1n) is 6.28. The number of fused-ring (bicyclic) bond motifs is 1. The Morgan fingerprint density at radius 2 is 2.14 bits per heavy atom. The van der Waals surface area contributed by atoms with E-state index in [1.54, 1.807) is 18.3 Å². The van der Waals surface area contributed by atoms with E-state index < -0.39 is 11.7 Å². The highest BCUT2D eigenvalue weighted by molar-refractivity contribution is 6.03. The summed E-state index contributed by atoms with van der Waals surface area (Å²) in [7, 11) is 0. The molecule has 1 aromatic carbocycles. The van der Waals surface area contributed by atoms with Crippen molar-refractivity contribution in [1.29, 1.82) is 0 Å². The number of anilines is 1. The maximum atomic E-state index is 13.5. The van der Waals surface area contributed by atoms with Gasteiger partial charge in [-0.05, 0) is 29.8 Å². The third-order valence-electron chi connectivity index (χ3n) is 2.98. The number of hydrogen-bond acceptors (Lipinski definition) is 4. The van der Waals surface area contributed by atoms with Gasteiger partial charge in [-0.3, -0.25) is 10.1 Å². The largest absolute Gasteiger partial charge is 0.326 e. The molecule has 0 bridgehead atoms. The number of carbonyl (C=O) groups excluding carboxylic acids is 1. The van der Waals surface area contributed by atoms with Crippen molar-refractivity contribution < 1.29 is 9.18 Å². The number of nitrogens with zero attached hydrogens (tertiary/aromatic N) is 3. The van der Waals surface area contributed by atoms with Crippen LogP contribution < -0.4 is 11.1 Å². The molecule has 0 aliphatic rings. The van der Waals surface area contributed by atoms with Crippen molar-refractivity contribution >= 4 is 17.5 Å². The van der Waals surface area contributed by atoms with Crippen LogP contribution >= 0.6 is 0 Å². The van der Waals surface area contributed by atoms with E-state index in [1.165, 1.54) is 22.7 Å². The fraction of sp³-hybridized carbons (Fsp3) is 0.0714. The lowest BCUT2D eigenvalue weighted by Crippen LogP contribution is -2.14. The maximum Gasteiger partial charge on any atom is 0.261 e. The Morgan fingerprint density at radius 1 is 1.33 bits per heavy atom. The molecule has 0 aliphatic heterocycles. The summed E-state index contributed by atoms with van der Waals surface area (Å²) >= 11 is 0. The maximum absolute atomic E-state index is 13.5. The number of amides is 1. The van der Waals surface area contributed by atoms with Crippen molar-refractivity contribution in [2.45, 2.75) is 6.54 Å². The number of carbonyl (C=O) groups is 1. The molecule has 1 amide bonds. The fourth-order valence-electron chi connectivity index (χ4n) is 1.92. The summed E-state index contributed by atoms with van der Waals surface area (Å²) in [5.74, 6) is -1.08. The molecule has 3 N–H and O–H groups in total. The summed E-state index contributed by atoms with van der Waals surface area (Å²) in [5.41, 5.74) is 6.96. The summed E-state index contributed by atoms with van der Waals surface area (Å²) in [5, 5.41) is 6.57. The highest BCUT2D eigenvalue weighted by Gasteiger charge is 2.13. The number of pyridine rings is 1. The molecule has 2 aromatic heterocycles. The van der Waals surface area contributed by atoms with E-state index in [4.69, 9.17) is 5.73 Å². The Hall–Kier alpha value is -2.80. The number of nitrogens with two attached hydrogens (primary N) is 1. The molecule has 0 unspecified atom stereocenters. The molecular formula is C14H12FN5O. The minimum absolute atomic E-state index is 0.0565. The van der Waals surface area contributed by atoms with Gasteiger partial charge in [0.2, 0.25) is 5.95 Å². The van der Waals surface area contributed by atoms with Gasteiger partial charge in [0.25, 0.3) is 5.91 Å². The number of benzene rings is 1. The lowest BCUT2D eigenvalue weighted by Gasteiger charge is -2.01. The van der Waals surface area contributed by atoms with Gasteiger partial charge in [0.1, 0.15) is 5.82 Å². The molecule has 6 nitrogen and oxygen atoms in total. The van der Waals surface area contributed by atoms with Gasteiger partial charge in [-0.2, -0.15) is 4.98 Å². The summed E-state index contributed by atoms with van der Waals surface area (Å²) in [6.07, 6.45) is 1.70. The van der Waals surface area contributed by atoms with E-state index in [0.717, 1.165) is 5.56 Å². The fourth-order valence-corrected chi connectivity index (χ4v) is 1.92. The molecule has 0 aliphatic carbocycles. The van der Waals surface area contributed by atoms with Crippen LogP contribution in [0.25, 0.3) is 5.65 Å². The van der Waals surface area contributed by atoms with Crippen molar-refractivity contribution in [3.63, 3.8) is 0 Å². The number of hydrogen-bond donors (Lipinski definition) is 2. The quantitative estimate of drug-likeness (QED) is 0.765. The first kappa shape index (κ1) is 13.2. The van der Waals surface area contributed by atoms with Crippen molar-refractivity contribution in [3.05, 3.63) is 59.5 Å². The molecule has 0 saturated carbocycles. The van der Waals surface area contributed by atoms with E-state index in [-0.39, 0.29) is 11.5 Å². The summed E-state index contributed by atoms with van der Waals surface area (Å²) in [4.78, 5) is 16.1. The Bertz CT molecular complexity index is 814. The van der Waals surface area contributed by atoms with Crippen LogP contribution in [0.15, 0.2) is 42.6 Å². The zero-order valence-corrected chi connectivity index (χ0v) is 11.0. The predicted octanol–water partition coefficient (Wildman–Crippen LogP) is 1.58. The number of halogens is 1. The van der Waals surface area contributed by atoms with E-state index in [0.29, 0.717) is 12.2 Å². The number of rotatable bonds is 3. The summed E-state index contributed by atoms with van der Waals surface area (Å²) in [6.45, 7) is 0.389. The zero-order valence-electron chi connectivity index (χ0n) is 11.0. The first-order valence-corrected chi connectivity index (χ1v) is 6.28. The third-order valence-corrected chi connectivity index (χ3v) is 2.98. The standard InChI is InChI=1S/C14H12FN5O/c15-11-4-2-1-3-10(11)13(21)18-14-17-12-7-9(8-16)5-6-20(12)19-14/h1-7H,8,16H2,(H,18,19,21). The minimum atomic E-state index is -0.594. The van der Waals surface area contributed by atoms with Crippen LogP contribution in [-0.2, 0) is 6.54 Å². The third kappa shape index (κ3) is 2.59. The number of aromatic nitrogens is 3. The molecule has 0 spiro atoms. The van der Waals surface area contributed by atoms with Crippen molar-refractivity contribution in [3.8, 4) is 0 Å². The van der Waals surface area contributed by atoms with Gasteiger partial charge in [0, 0.05) is 12.7 Å². The van der Waals surface area contributed by atoms with E-state index in [2.05, 4.69) is 15.4 Å². The predicted molar refractivity (Wildman–Crippen MR) is 75.2 cm³/mol. The van der Waals surface area contributed by atoms with Gasteiger partial charge in [0.15, 0.2) is 5.65 Å². The topological polar surface area (TPSA) is 85.3 Å². The molecular weight excluding hydrogens is 273 g/mol. The average molecular weight is 285 g/mol. The Balaban J connectivity index is 1.88. The van der Waals surface area contributed by atoms with Crippen LogP contribution in [-0.4, -0.2) is 20.5 Å². The van der Waals surface area contributed by atoms with E-state index >= 15 is 0 Å². The molecule has 0 atom stereocenters. The second-order valence-corrected chi connectivity index (χ2v) is 4.41. The van der Waals surface area contributed by atoms with Crippen LogP contribution in [0, 0.1) is 5.82 Å². The van der Waals surface area contributed by atoms with Gasteiger partial charge >= 0.3 is 0 Å². The zero-order chi connectivity index (χ0) is 14.8. The smallest absolute Gasteiger partial charge is 0.261 e. The molecule has 106 valence electrons. The molecule has 3 rings (SSSR count).